The molecule has 0 aromatic carbocycles. The molecule has 6 nitrogen and oxygen atoms in total. The zero-order valence-electron chi connectivity index (χ0n) is 14.1. The molecule has 0 atom stereocenters. The summed E-state index contributed by atoms with van der Waals surface area (Å²) >= 11 is 0. The van der Waals surface area contributed by atoms with Crippen LogP contribution in [0, 0.1) is 22.2 Å². The second-order valence-corrected chi connectivity index (χ2v) is 7.35. The molecule has 26 heavy (non-hydrogen) atoms. The number of ketones is 1. The monoisotopic (exact) mass is 364 g/mol. The first-order valence-corrected chi connectivity index (χ1v) is 7.85. The van der Waals surface area contributed by atoms with Crippen molar-refractivity contribution in [1.29, 1.82) is 5.26 Å². The summed E-state index contributed by atoms with van der Waals surface area (Å²) in [5.74, 6) is -2.24. The van der Waals surface area contributed by atoms with Gasteiger partial charge in [-0.2, -0.15) is 18.4 Å². The van der Waals surface area contributed by atoms with Crippen LogP contribution in [0.4, 0.5) is 13.2 Å². The van der Waals surface area contributed by atoms with Crippen LogP contribution in [-0.4, -0.2) is 39.6 Å². The normalized spacial score (nSPS) is 21.0. The van der Waals surface area contributed by atoms with E-state index < -0.39 is 28.7 Å². The molecule has 1 fully saturated rings. The quantitative estimate of drug-likeness (QED) is 0.764. The Kier molecular flexibility index (Phi) is 3.90. The average Bonchev–Trinajstić information content (AvgIpc) is 2.53. The molecule has 0 radical (unpaired) electrons. The van der Waals surface area contributed by atoms with Crippen LogP contribution >= 0.6 is 0 Å². The summed E-state index contributed by atoms with van der Waals surface area (Å²) in [6, 6.07) is 3.03. The smallest absolute Gasteiger partial charge is 0.335 e. The number of halogens is 3. The number of allylic oxidation sites excluding steroid dienone is 1. The molecule has 0 unspecified atom stereocenters. The number of nitriles is 1. The van der Waals surface area contributed by atoms with Crippen LogP contribution < -0.4 is 0 Å². The first-order chi connectivity index (χ1) is 12.0. The van der Waals surface area contributed by atoms with Crippen LogP contribution in [0.2, 0.25) is 0 Å². The number of rotatable bonds is 1. The maximum Gasteiger partial charge on any atom is 0.451 e. The summed E-state index contributed by atoms with van der Waals surface area (Å²) in [4.78, 5) is 32.4. The number of hydrogen-bond acceptors (Lipinski definition) is 5. The molecule has 1 aliphatic heterocycles. The van der Waals surface area contributed by atoms with Gasteiger partial charge in [0, 0.05) is 30.1 Å². The molecule has 1 saturated heterocycles. The molecular weight excluding hydrogens is 349 g/mol. The molecule has 0 bridgehead atoms. The Balaban J connectivity index is 1.80. The van der Waals surface area contributed by atoms with Crippen molar-refractivity contribution in [2.24, 2.45) is 10.8 Å². The van der Waals surface area contributed by atoms with E-state index in [1.54, 1.807) is 19.9 Å². The van der Waals surface area contributed by atoms with Crippen LogP contribution in [0.5, 0.6) is 0 Å². The molecule has 2 aliphatic rings. The van der Waals surface area contributed by atoms with Crippen LogP contribution in [0.1, 0.15) is 36.6 Å². The number of amides is 1. The fraction of sp³-hybridized carbons (Fsp3) is 0.471. The van der Waals surface area contributed by atoms with Gasteiger partial charge in [-0.1, -0.05) is 19.9 Å². The minimum Gasteiger partial charge on any atom is -0.335 e. The Morgan fingerprint density at radius 3 is 2.58 bits per heavy atom. The van der Waals surface area contributed by atoms with Gasteiger partial charge >= 0.3 is 6.18 Å². The fourth-order valence-corrected chi connectivity index (χ4v) is 3.67. The third-order valence-electron chi connectivity index (χ3n) is 4.65. The van der Waals surface area contributed by atoms with Crippen molar-refractivity contribution in [3.8, 4) is 6.07 Å². The van der Waals surface area contributed by atoms with E-state index >= 15 is 0 Å². The Bertz CT molecular complexity index is 861. The van der Waals surface area contributed by atoms with E-state index in [-0.39, 0.29) is 30.1 Å². The zero-order valence-corrected chi connectivity index (χ0v) is 14.1. The summed E-state index contributed by atoms with van der Waals surface area (Å²) in [5.41, 5.74) is -1.52. The van der Waals surface area contributed by atoms with Gasteiger partial charge in [0.1, 0.15) is 11.8 Å². The predicted molar refractivity (Wildman–Crippen MR) is 82.5 cm³/mol. The van der Waals surface area contributed by atoms with Crippen molar-refractivity contribution in [2.45, 2.75) is 26.4 Å². The first-order valence-electron chi connectivity index (χ1n) is 7.85. The summed E-state index contributed by atoms with van der Waals surface area (Å²) in [6.45, 7) is 3.93. The summed E-state index contributed by atoms with van der Waals surface area (Å²) < 4.78 is 38.1. The number of alkyl halides is 3. The molecule has 1 aromatic heterocycles. The van der Waals surface area contributed by atoms with Gasteiger partial charge in [0.15, 0.2) is 5.78 Å². The maximum absolute atomic E-state index is 12.7. The molecule has 1 aromatic rings. The van der Waals surface area contributed by atoms with Crippen LogP contribution in [0.15, 0.2) is 23.9 Å². The summed E-state index contributed by atoms with van der Waals surface area (Å²) in [5, 5.41) is 9.16. The van der Waals surface area contributed by atoms with Gasteiger partial charge in [0.25, 0.3) is 5.91 Å². The summed E-state index contributed by atoms with van der Waals surface area (Å²) in [6.07, 6.45) is -1.78. The lowest BCUT2D eigenvalue weighted by molar-refractivity contribution is -0.145. The molecule has 0 N–H and O–H groups in total. The molecule has 2 heterocycles. The number of carbonyl (C=O) groups excluding carboxylic acids is 2. The zero-order chi connectivity index (χ0) is 19.3. The Labute approximate surface area is 147 Å². The second-order valence-electron chi connectivity index (χ2n) is 7.35. The van der Waals surface area contributed by atoms with Crippen LogP contribution in [0.3, 0.4) is 0 Å². The number of Topliss-reactive ketones (excluding diaryl/α,β-unsaturated/α-hetero) is 1. The van der Waals surface area contributed by atoms with Gasteiger partial charge in [-0.25, -0.2) is 9.97 Å². The van der Waals surface area contributed by atoms with E-state index in [0.717, 1.165) is 12.3 Å². The topological polar surface area (TPSA) is 87.0 Å². The Morgan fingerprint density at radius 2 is 2.00 bits per heavy atom. The second kappa shape index (κ2) is 5.62. The molecule has 136 valence electrons. The predicted octanol–water partition coefficient (Wildman–Crippen LogP) is 2.39. The van der Waals surface area contributed by atoms with Crippen LogP contribution in [0.25, 0.3) is 0 Å². The number of carbonyl (C=O) groups is 2. The minimum atomic E-state index is -4.73. The van der Waals surface area contributed by atoms with E-state index in [2.05, 4.69) is 9.97 Å². The lowest BCUT2D eigenvalue weighted by atomic mass is 9.61. The molecule has 3 rings (SSSR count). The van der Waals surface area contributed by atoms with Gasteiger partial charge in [-0.15, -0.1) is 0 Å². The minimum absolute atomic E-state index is 0.0646. The highest BCUT2D eigenvalue weighted by Gasteiger charge is 2.52. The van der Waals surface area contributed by atoms with Gasteiger partial charge < -0.3 is 4.90 Å². The summed E-state index contributed by atoms with van der Waals surface area (Å²) in [7, 11) is 0. The van der Waals surface area contributed by atoms with E-state index in [1.165, 1.54) is 4.90 Å². The van der Waals surface area contributed by atoms with Gasteiger partial charge in [-0.3, -0.25) is 9.59 Å². The average molecular weight is 364 g/mol. The SMILES string of the molecule is CC1(C)CC2(C=C(C#N)C1=O)CN(C(=O)c1ccnc(C(F)(F)F)n1)C2. The number of likely N-dealkylation sites (tertiary alicyclic amines) is 1. The molecule has 1 aliphatic carbocycles. The van der Waals surface area contributed by atoms with Crippen molar-refractivity contribution < 1.29 is 22.8 Å². The van der Waals surface area contributed by atoms with E-state index in [0.29, 0.717) is 6.42 Å². The lowest BCUT2D eigenvalue weighted by Crippen LogP contribution is -2.61. The molecule has 1 amide bonds. The number of hydrogen-bond donors (Lipinski definition) is 0. The highest BCUT2D eigenvalue weighted by Crippen LogP contribution is 2.48. The Morgan fingerprint density at radius 1 is 1.35 bits per heavy atom. The largest absolute Gasteiger partial charge is 0.451 e. The van der Waals surface area contributed by atoms with Gasteiger partial charge in [0.05, 0.1) is 5.57 Å². The molecular formula is C17H15F3N4O2. The molecule has 1 spiro atoms. The first kappa shape index (κ1) is 18.0. The van der Waals surface area contributed by atoms with Crippen molar-refractivity contribution in [2.75, 3.05) is 13.1 Å². The van der Waals surface area contributed by atoms with Gasteiger partial charge in [0.2, 0.25) is 5.82 Å². The van der Waals surface area contributed by atoms with Crippen molar-refractivity contribution >= 4 is 11.7 Å². The molecule has 9 heteroatoms. The molecule has 0 saturated carbocycles. The van der Waals surface area contributed by atoms with Crippen molar-refractivity contribution in [3.05, 3.63) is 35.4 Å². The maximum atomic E-state index is 12.7. The van der Waals surface area contributed by atoms with Crippen LogP contribution in [-0.2, 0) is 11.0 Å². The lowest BCUT2D eigenvalue weighted by Gasteiger charge is -2.53. The highest BCUT2D eigenvalue weighted by molar-refractivity contribution is 6.04. The third-order valence-corrected chi connectivity index (χ3v) is 4.65. The van der Waals surface area contributed by atoms with Crippen molar-refractivity contribution in [3.63, 3.8) is 0 Å². The van der Waals surface area contributed by atoms with Crippen molar-refractivity contribution in [1.82, 2.24) is 14.9 Å². The highest BCUT2D eigenvalue weighted by atomic mass is 19.4. The fourth-order valence-electron chi connectivity index (χ4n) is 3.67. The number of aromatic nitrogens is 2. The van der Waals surface area contributed by atoms with E-state index in [4.69, 9.17) is 5.26 Å². The Hall–Kier alpha value is -2.76. The van der Waals surface area contributed by atoms with E-state index in [9.17, 15) is 22.8 Å². The van der Waals surface area contributed by atoms with Gasteiger partial charge in [-0.05, 0) is 12.5 Å². The number of nitrogens with zero attached hydrogens (tertiary/aromatic N) is 4. The van der Waals surface area contributed by atoms with E-state index in [1.807, 2.05) is 6.07 Å². The standard InChI is InChI=1S/C17H15F3N4O2/c1-15(2)7-16(5-10(6-21)12(15)25)8-24(9-16)13(26)11-3-4-22-14(23-11)17(18,19)20/h3-5H,7-9H2,1-2H3. The third kappa shape index (κ3) is 2.96.